The molecule has 7 nitrogen and oxygen atoms in total. The van der Waals surface area contributed by atoms with Crippen molar-refractivity contribution in [3.05, 3.63) is 59.7 Å². The second-order valence-electron chi connectivity index (χ2n) is 8.56. The number of carbonyl (C=O) groups excluding carboxylic acids is 2. The Morgan fingerprint density at radius 3 is 2.27 bits per heavy atom. The van der Waals surface area contributed by atoms with Gasteiger partial charge in [0.1, 0.15) is 0 Å². The first-order valence-electron chi connectivity index (χ1n) is 11.4. The second-order valence-corrected chi connectivity index (χ2v) is 9.50. The molecule has 0 saturated carbocycles. The van der Waals surface area contributed by atoms with Crippen LogP contribution in [0, 0.1) is 6.92 Å². The molecule has 5 rings (SSSR count). The van der Waals surface area contributed by atoms with Crippen molar-refractivity contribution in [1.29, 1.82) is 0 Å². The Kier molecular flexibility index (Phi) is 6.17. The average Bonchev–Trinajstić information content (AvgIpc) is 3.59. The Hall–Kier alpha value is -3.13. The average molecular weight is 462 g/mol. The molecule has 0 unspecified atom stereocenters. The Morgan fingerprint density at radius 2 is 1.61 bits per heavy atom. The first-order chi connectivity index (χ1) is 16.1. The number of nitrogens with zero attached hydrogens (tertiary/aromatic N) is 5. The largest absolute Gasteiger partial charge is 0.341 e. The van der Waals surface area contributed by atoms with Crippen LogP contribution in [-0.2, 0) is 4.79 Å². The van der Waals surface area contributed by atoms with Gasteiger partial charge in [0.15, 0.2) is 10.9 Å². The highest BCUT2D eigenvalue weighted by Crippen LogP contribution is 2.29. The lowest BCUT2D eigenvalue weighted by Crippen LogP contribution is -2.23. The number of aryl methyl sites for hydroxylation is 1. The molecule has 33 heavy (non-hydrogen) atoms. The first-order valence-corrected chi connectivity index (χ1v) is 12.4. The maximum Gasteiger partial charge on any atom is 0.232 e. The van der Waals surface area contributed by atoms with Crippen LogP contribution in [0.2, 0.25) is 0 Å². The zero-order valence-electron chi connectivity index (χ0n) is 18.7. The predicted molar refractivity (Wildman–Crippen MR) is 131 cm³/mol. The molecular weight excluding hydrogens is 434 g/mol. The number of aromatic nitrogens is 3. The van der Waals surface area contributed by atoms with E-state index in [0.29, 0.717) is 17.1 Å². The third kappa shape index (κ3) is 4.53. The van der Waals surface area contributed by atoms with Crippen LogP contribution in [0.5, 0.6) is 0 Å². The third-order valence-corrected chi connectivity index (χ3v) is 7.13. The minimum Gasteiger partial charge on any atom is -0.341 e. The molecule has 0 radical (unpaired) electrons. The number of hydrogen-bond donors (Lipinski definition) is 0. The summed E-state index contributed by atoms with van der Waals surface area (Å²) in [4.78, 5) is 28.9. The molecule has 2 fully saturated rings. The highest BCUT2D eigenvalue weighted by atomic mass is 32.2. The monoisotopic (exact) mass is 461 g/mol. The molecule has 2 aromatic carbocycles. The summed E-state index contributed by atoms with van der Waals surface area (Å²) in [5.41, 5.74) is 3.69. The number of benzene rings is 2. The van der Waals surface area contributed by atoms with Crippen LogP contribution in [0.25, 0.3) is 5.69 Å². The van der Waals surface area contributed by atoms with Gasteiger partial charge in [0.2, 0.25) is 11.9 Å². The van der Waals surface area contributed by atoms with Gasteiger partial charge in [-0.25, -0.2) is 0 Å². The SMILES string of the molecule is Cc1ccc(-n2c(SCC(=O)c3ccc(N4CCCC4=O)cc3)nnc2N2CCCC2)cc1. The molecule has 2 aliphatic rings. The van der Waals surface area contributed by atoms with Gasteiger partial charge >= 0.3 is 0 Å². The van der Waals surface area contributed by atoms with Crippen LogP contribution >= 0.6 is 11.8 Å². The molecule has 0 spiro atoms. The molecule has 2 aliphatic heterocycles. The first kappa shape index (κ1) is 21.7. The van der Waals surface area contributed by atoms with Gasteiger partial charge in [-0.2, -0.15) is 0 Å². The van der Waals surface area contributed by atoms with Crippen molar-refractivity contribution in [3.8, 4) is 5.69 Å². The van der Waals surface area contributed by atoms with Gasteiger partial charge in [0, 0.05) is 37.3 Å². The standard InChI is InChI=1S/C25H27N5O2S/c1-18-6-10-21(11-7-18)30-24(28-14-2-3-15-28)26-27-25(30)33-17-22(31)19-8-12-20(13-9-19)29-16-4-5-23(29)32/h6-13H,2-5,14-17H2,1H3. The predicted octanol–water partition coefficient (Wildman–Crippen LogP) is 4.28. The lowest BCUT2D eigenvalue weighted by Gasteiger charge is -2.18. The van der Waals surface area contributed by atoms with Gasteiger partial charge in [0.25, 0.3) is 0 Å². The Bertz CT molecular complexity index is 1150. The number of ketones is 1. The normalized spacial score (nSPS) is 16.1. The van der Waals surface area contributed by atoms with Crippen LogP contribution in [-0.4, -0.2) is 51.8 Å². The highest BCUT2D eigenvalue weighted by Gasteiger charge is 2.24. The highest BCUT2D eigenvalue weighted by molar-refractivity contribution is 7.99. The zero-order chi connectivity index (χ0) is 22.8. The molecular formula is C25H27N5O2S. The van der Waals surface area contributed by atoms with Crippen LogP contribution < -0.4 is 9.80 Å². The van der Waals surface area contributed by atoms with Crippen LogP contribution in [0.15, 0.2) is 53.7 Å². The number of rotatable bonds is 7. The van der Waals surface area contributed by atoms with Gasteiger partial charge in [-0.15, -0.1) is 10.2 Å². The van der Waals surface area contributed by atoms with E-state index in [1.807, 2.05) is 24.3 Å². The van der Waals surface area contributed by atoms with E-state index in [4.69, 9.17) is 0 Å². The molecule has 0 atom stereocenters. The van der Waals surface area contributed by atoms with Crippen molar-refractivity contribution in [2.45, 2.75) is 37.8 Å². The van der Waals surface area contributed by atoms with Crippen LogP contribution in [0.1, 0.15) is 41.6 Å². The van der Waals surface area contributed by atoms with Gasteiger partial charge < -0.3 is 9.80 Å². The van der Waals surface area contributed by atoms with E-state index in [2.05, 4.69) is 50.9 Å². The van der Waals surface area contributed by atoms with E-state index >= 15 is 0 Å². The molecule has 8 heteroatoms. The molecule has 0 bridgehead atoms. The van der Waals surface area contributed by atoms with Crippen molar-refractivity contribution >= 4 is 35.1 Å². The van der Waals surface area contributed by atoms with E-state index in [0.717, 1.165) is 56.2 Å². The van der Waals surface area contributed by atoms with Gasteiger partial charge in [0.05, 0.1) is 11.4 Å². The van der Waals surface area contributed by atoms with Crippen molar-refractivity contribution in [2.24, 2.45) is 0 Å². The number of hydrogen-bond acceptors (Lipinski definition) is 6. The zero-order valence-corrected chi connectivity index (χ0v) is 19.6. The fourth-order valence-corrected chi connectivity index (χ4v) is 5.20. The fraction of sp³-hybridized carbons (Fsp3) is 0.360. The second kappa shape index (κ2) is 9.39. The summed E-state index contributed by atoms with van der Waals surface area (Å²) in [6, 6.07) is 15.6. The van der Waals surface area contributed by atoms with E-state index in [-0.39, 0.29) is 17.4 Å². The van der Waals surface area contributed by atoms with Crippen molar-refractivity contribution in [1.82, 2.24) is 14.8 Å². The number of carbonyl (C=O) groups is 2. The fourth-order valence-electron chi connectivity index (χ4n) is 4.36. The summed E-state index contributed by atoms with van der Waals surface area (Å²) >= 11 is 1.41. The van der Waals surface area contributed by atoms with E-state index in [1.54, 1.807) is 4.90 Å². The number of Topliss-reactive ketones (excluding diaryl/α,β-unsaturated/α-hetero) is 1. The Balaban J connectivity index is 1.33. The summed E-state index contributed by atoms with van der Waals surface area (Å²) in [6.45, 7) is 4.76. The number of thioether (sulfide) groups is 1. The summed E-state index contributed by atoms with van der Waals surface area (Å²) < 4.78 is 2.06. The molecule has 1 amide bonds. The van der Waals surface area contributed by atoms with Crippen LogP contribution in [0.4, 0.5) is 11.6 Å². The molecule has 3 aromatic rings. The van der Waals surface area contributed by atoms with E-state index in [9.17, 15) is 9.59 Å². The van der Waals surface area contributed by atoms with Gasteiger partial charge in [-0.3, -0.25) is 14.2 Å². The molecule has 0 aliphatic carbocycles. The minimum absolute atomic E-state index is 0.0282. The molecule has 2 saturated heterocycles. The van der Waals surface area contributed by atoms with Crippen molar-refractivity contribution < 1.29 is 9.59 Å². The summed E-state index contributed by atoms with van der Waals surface area (Å²) in [5, 5.41) is 9.63. The molecule has 0 N–H and O–H groups in total. The lowest BCUT2D eigenvalue weighted by atomic mass is 10.1. The molecule has 170 valence electrons. The topological polar surface area (TPSA) is 71.3 Å². The molecule has 1 aromatic heterocycles. The van der Waals surface area contributed by atoms with Crippen molar-refractivity contribution in [3.63, 3.8) is 0 Å². The Morgan fingerprint density at radius 1 is 0.909 bits per heavy atom. The maximum atomic E-state index is 12.9. The van der Waals surface area contributed by atoms with Crippen LogP contribution in [0.3, 0.4) is 0 Å². The third-order valence-electron chi connectivity index (χ3n) is 6.20. The lowest BCUT2D eigenvalue weighted by molar-refractivity contribution is -0.117. The minimum atomic E-state index is 0.0282. The number of amides is 1. The Labute approximate surface area is 197 Å². The van der Waals surface area contributed by atoms with Crippen molar-refractivity contribution in [2.75, 3.05) is 35.2 Å². The van der Waals surface area contributed by atoms with E-state index in [1.165, 1.54) is 17.3 Å². The maximum absolute atomic E-state index is 12.9. The number of anilines is 2. The van der Waals surface area contributed by atoms with E-state index < -0.39 is 0 Å². The summed E-state index contributed by atoms with van der Waals surface area (Å²) in [5.74, 6) is 1.28. The molecule has 3 heterocycles. The summed E-state index contributed by atoms with van der Waals surface area (Å²) in [6.07, 6.45) is 3.79. The quantitative estimate of drug-likeness (QED) is 0.386. The van der Waals surface area contributed by atoms with Gasteiger partial charge in [-0.05, 0) is 62.6 Å². The van der Waals surface area contributed by atoms with Gasteiger partial charge in [-0.1, -0.05) is 29.5 Å². The summed E-state index contributed by atoms with van der Waals surface area (Å²) in [7, 11) is 0. The smallest absolute Gasteiger partial charge is 0.232 e.